The van der Waals surface area contributed by atoms with Gasteiger partial charge >= 0.3 is 6.61 Å². The number of fused-ring (bicyclic) bond motifs is 1. The standard InChI is InChI=1S/C25H21F3N2O5S/c1-33-23-13-19-16(8-9-29-22(19)14-24(23)34-2)10-15-6-7-21(20(26)11-15)30-36(31,32)18-5-3-4-17(12-18)35-25(27)28/h3-9,11-14,25,30H,10H2,1-2H3. The Balaban J connectivity index is 1.58. The number of benzene rings is 3. The van der Waals surface area contributed by atoms with E-state index in [1.807, 2.05) is 0 Å². The number of halogens is 3. The van der Waals surface area contributed by atoms with E-state index in [1.54, 1.807) is 30.5 Å². The van der Waals surface area contributed by atoms with Gasteiger partial charge in [-0.1, -0.05) is 12.1 Å². The summed E-state index contributed by atoms with van der Waals surface area (Å²) in [6, 6.07) is 14.0. The quantitative estimate of drug-likeness (QED) is 0.320. The number of pyridine rings is 1. The summed E-state index contributed by atoms with van der Waals surface area (Å²) in [6.45, 7) is -3.11. The van der Waals surface area contributed by atoms with Crippen molar-refractivity contribution in [2.24, 2.45) is 0 Å². The van der Waals surface area contributed by atoms with Crippen LogP contribution in [-0.2, 0) is 16.4 Å². The molecule has 1 N–H and O–H groups in total. The smallest absolute Gasteiger partial charge is 0.387 e. The highest BCUT2D eigenvalue weighted by molar-refractivity contribution is 7.92. The van der Waals surface area contributed by atoms with Crippen molar-refractivity contribution in [1.29, 1.82) is 0 Å². The molecule has 0 radical (unpaired) electrons. The fraction of sp³-hybridized carbons (Fsp3) is 0.160. The first-order chi connectivity index (χ1) is 17.2. The van der Waals surface area contributed by atoms with Crippen LogP contribution in [0.2, 0.25) is 0 Å². The number of nitrogens with zero attached hydrogens (tertiary/aromatic N) is 1. The number of aromatic nitrogens is 1. The molecular formula is C25H21F3N2O5S. The second-order valence-electron chi connectivity index (χ2n) is 7.64. The third-order valence-corrected chi connectivity index (χ3v) is 6.71. The summed E-state index contributed by atoms with van der Waals surface area (Å²) in [6.07, 6.45) is 1.97. The Morgan fingerprint density at radius 2 is 1.72 bits per heavy atom. The van der Waals surface area contributed by atoms with Gasteiger partial charge < -0.3 is 14.2 Å². The SMILES string of the molecule is COc1cc2nccc(Cc3ccc(NS(=O)(=O)c4cccc(OC(F)F)c4)c(F)c3)c2cc1OC. The molecule has 0 saturated heterocycles. The van der Waals surface area contributed by atoms with Gasteiger partial charge in [0.1, 0.15) is 11.6 Å². The van der Waals surface area contributed by atoms with Crippen LogP contribution >= 0.6 is 0 Å². The summed E-state index contributed by atoms with van der Waals surface area (Å²) in [5.74, 6) is -0.0713. The molecule has 0 fully saturated rings. The molecule has 0 aliphatic rings. The van der Waals surface area contributed by atoms with Gasteiger partial charge in [0.2, 0.25) is 0 Å². The summed E-state index contributed by atoms with van der Waals surface area (Å²) >= 11 is 0. The van der Waals surface area contributed by atoms with E-state index in [1.165, 1.54) is 44.6 Å². The van der Waals surface area contributed by atoms with Crippen LogP contribution in [0, 0.1) is 5.82 Å². The molecule has 0 aliphatic carbocycles. The summed E-state index contributed by atoms with van der Waals surface area (Å²) < 4.78 is 82.2. The molecule has 188 valence electrons. The van der Waals surface area contributed by atoms with Crippen LogP contribution in [0.1, 0.15) is 11.1 Å². The number of hydrogen-bond acceptors (Lipinski definition) is 6. The lowest BCUT2D eigenvalue weighted by Gasteiger charge is -2.13. The summed E-state index contributed by atoms with van der Waals surface area (Å²) in [5, 5.41) is 0.797. The Hall–Kier alpha value is -3.99. The van der Waals surface area contributed by atoms with Crippen LogP contribution in [-0.4, -0.2) is 34.2 Å². The average Bonchev–Trinajstić information content (AvgIpc) is 2.84. The van der Waals surface area contributed by atoms with E-state index in [0.29, 0.717) is 29.0 Å². The number of nitrogens with one attached hydrogen (secondary N) is 1. The fourth-order valence-electron chi connectivity index (χ4n) is 3.68. The Labute approximate surface area is 205 Å². The number of rotatable bonds is 9. The van der Waals surface area contributed by atoms with Gasteiger partial charge in [0.15, 0.2) is 11.5 Å². The normalized spacial score (nSPS) is 11.5. The Morgan fingerprint density at radius 3 is 2.42 bits per heavy atom. The highest BCUT2D eigenvalue weighted by Crippen LogP contribution is 2.33. The molecule has 0 aliphatic heterocycles. The minimum atomic E-state index is -4.26. The number of sulfonamides is 1. The Kier molecular flexibility index (Phi) is 7.20. The van der Waals surface area contributed by atoms with E-state index in [4.69, 9.17) is 9.47 Å². The van der Waals surface area contributed by atoms with Crippen molar-refractivity contribution < 1.29 is 35.8 Å². The lowest BCUT2D eigenvalue weighted by molar-refractivity contribution is -0.0499. The van der Waals surface area contributed by atoms with Crippen LogP contribution in [0.3, 0.4) is 0 Å². The van der Waals surface area contributed by atoms with Gasteiger partial charge in [0.25, 0.3) is 10.0 Å². The van der Waals surface area contributed by atoms with Gasteiger partial charge in [-0.15, -0.1) is 0 Å². The molecule has 0 saturated carbocycles. The highest BCUT2D eigenvalue weighted by atomic mass is 32.2. The van der Waals surface area contributed by atoms with Crippen molar-refractivity contribution in [3.8, 4) is 17.2 Å². The van der Waals surface area contributed by atoms with Gasteiger partial charge in [-0.25, -0.2) is 12.8 Å². The van der Waals surface area contributed by atoms with Crippen LogP contribution in [0.25, 0.3) is 10.9 Å². The largest absolute Gasteiger partial charge is 0.493 e. The van der Waals surface area contributed by atoms with E-state index < -0.39 is 22.5 Å². The van der Waals surface area contributed by atoms with E-state index in [-0.39, 0.29) is 16.3 Å². The summed E-state index contributed by atoms with van der Waals surface area (Å²) in [7, 11) is -1.21. The maximum atomic E-state index is 14.9. The third kappa shape index (κ3) is 5.46. The van der Waals surface area contributed by atoms with Crippen LogP contribution < -0.4 is 18.9 Å². The Bertz CT molecular complexity index is 1510. The van der Waals surface area contributed by atoms with E-state index in [9.17, 15) is 21.6 Å². The number of alkyl halides is 2. The zero-order valence-corrected chi connectivity index (χ0v) is 20.0. The van der Waals surface area contributed by atoms with Crippen LogP contribution in [0.5, 0.6) is 17.2 Å². The molecule has 3 aromatic carbocycles. The van der Waals surface area contributed by atoms with Crippen LogP contribution in [0.4, 0.5) is 18.9 Å². The first-order valence-electron chi connectivity index (χ1n) is 10.6. The second kappa shape index (κ2) is 10.3. The van der Waals surface area contributed by atoms with Gasteiger partial charge in [-0.2, -0.15) is 8.78 Å². The molecule has 0 unspecified atom stereocenters. The minimum Gasteiger partial charge on any atom is -0.493 e. The second-order valence-corrected chi connectivity index (χ2v) is 9.33. The lowest BCUT2D eigenvalue weighted by atomic mass is 10.0. The number of ether oxygens (including phenoxy) is 3. The first kappa shape index (κ1) is 25.1. The molecule has 0 atom stereocenters. The summed E-state index contributed by atoms with van der Waals surface area (Å²) in [5.41, 5.74) is 1.83. The average molecular weight is 519 g/mol. The molecule has 0 spiro atoms. The molecule has 7 nitrogen and oxygen atoms in total. The van der Waals surface area contributed by atoms with Crippen molar-refractivity contribution in [3.63, 3.8) is 0 Å². The van der Waals surface area contributed by atoms with Crippen molar-refractivity contribution in [2.75, 3.05) is 18.9 Å². The number of methoxy groups -OCH3 is 2. The monoisotopic (exact) mass is 518 g/mol. The van der Waals surface area contributed by atoms with Crippen LogP contribution in [0.15, 0.2) is 71.8 Å². The predicted molar refractivity (Wildman–Crippen MR) is 128 cm³/mol. The third-order valence-electron chi connectivity index (χ3n) is 5.35. The molecule has 1 heterocycles. The molecule has 11 heteroatoms. The highest BCUT2D eigenvalue weighted by Gasteiger charge is 2.19. The number of hydrogen-bond donors (Lipinski definition) is 1. The predicted octanol–water partition coefficient (Wildman–Crippen LogP) is 5.38. The molecule has 4 rings (SSSR count). The van der Waals surface area contributed by atoms with Gasteiger partial charge in [-0.05, 0) is 53.9 Å². The summed E-state index contributed by atoms with van der Waals surface area (Å²) in [4.78, 5) is 4.00. The van der Waals surface area contributed by atoms with E-state index in [2.05, 4.69) is 14.4 Å². The molecule has 36 heavy (non-hydrogen) atoms. The maximum absolute atomic E-state index is 14.9. The molecule has 0 bridgehead atoms. The van der Waals surface area contributed by atoms with Crippen molar-refractivity contribution in [2.45, 2.75) is 17.9 Å². The first-order valence-corrected chi connectivity index (χ1v) is 12.0. The van der Waals surface area contributed by atoms with Gasteiger partial charge in [-0.3, -0.25) is 9.71 Å². The van der Waals surface area contributed by atoms with Gasteiger partial charge in [0, 0.05) is 23.7 Å². The van der Waals surface area contributed by atoms with Crippen molar-refractivity contribution >= 4 is 26.6 Å². The topological polar surface area (TPSA) is 86.8 Å². The van der Waals surface area contributed by atoms with E-state index >= 15 is 0 Å². The zero-order chi connectivity index (χ0) is 25.9. The van der Waals surface area contributed by atoms with E-state index in [0.717, 1.165) is 17.0 Å². The zero-order valence-electron chi connectivity index (χ0n) is 19.2. The fourth-order valence-corrected chi connectivity index (χ4v) is 4.78. The molecular weight excluding hydrogens is 497 g/mol. The molecule has 0 amide bonds. The molecule has 4 aromatic rings. The van der Waals surface area contributed by atoms with Gasteiger partial charge in [0.05, 0.1) is 30.3 Å². The minimum absolute atomic E-state index is 0.287. The van der Waals surface area contributed by atoms with Crippen molar-refractivity contribution in [1.82, 2.24) is 4.98 Å². The Morgan fingerprint density at radius 1 is 0.972 bits per heavy atom. The lowest BCUT2D eigenvalue weighted by Crippen LogP contribution is -2.14. The number of anilines is 1. The maximum Gasteiger partial charge on any atom is 0.387 e. The van der Waals surface area contributed by atoms with Crippen molar-refractivity contribution in [3.05, 3.63) is 83.8 Å². The molecule has 1 aromatic heterocycles.